The minimum absolute atomic E-state index is 0.128. The summed E-state index contributed by atoms with van der Waals surface area (Å²) in [6.07, 6.45) is 5.30. The monoisotopic (exact) mass is 271 g/mol. The summed E-state index contributed by atoms with van der Waals surface area (Å²) in [6, 6.07) is 0.132. The van der Waals surface area contributed by atoms with Gasteiger partial charge < -0.3 is 5.32 Å². The lowest BCUT2D eigenvalue weighted by Gasteiger charge is -2.14. The molecule has 0 saturated heterocycles. The fourth-order valence-electron chi connectivity index (χ4n) is 1.27. The molecule has 0 aromatic carbocycles. The van der Waals surface area contributed by atoms with Gasteiger partial charge >= 0.3 is 0 Å². The number of carbonyl (C=O) groups excluding carboxylic acids is 1. The maximum atomic E-state index is 11.6. The zero-order chi connectivity index (χ0) is 11.3. The Hall–Kier alpha value is -0.970. The van der Waals surface area contributed by atoms with Crippen LogP contribution in [0.4, 0.5) is 0 Å². The Labute approximate surface area is 97.6 Å². The summed E-state index contributed by atoms with van der Waals surface area (Å²) in [5, 5.41) is 2.88. The summed E-state index contributed by atoms with van der Waals surface area (Å²) in [4.78, 5) is 19.6. The molecule has 1 amide bonds. The van der Waals surface area contributed by atoms with Crippen molar-refractivity contribution in [3.05, 3.63) is 24.3 Å². The van der Waals surface area contributed by atoms with Crippen LogP contribution in [-0.4, -0.2) is 26.7 Å². The maximum absolute atomic E-state index is 11.6. The van der Waals surface area contributed by atoms with E-state index in [0.29, 0.717) is 10.4 Å². The Morgan fingerprint density at radius 3 is 2.60 bits per heavy atom. The van der Waals surface area contributed by atoms with E-state index in [4.69, 9.17) is 0 Å². The van der Waals surface area contributed by atoms with Gasteiger partial charge in [0.05, 0.1) is 5.56 Å². The van der Waals surface area contributed by atoms with Crippen molar-refractivity contribution in [3.63, 3.8) is 0 Å². The Balaban J connectivity index is 2.49. The van der Waals surface area contributed by atoms with Gasteiger partial charge in [0.2, 0.25) is 0 Å². The number of hydrogen-bond acceptors (Lipinski definition) is 3. The molecule has 4 nitrogen and oxygen atoms in total. The molecule has 0 saturated carbocycles. The Morgan fingerprint density at radius 2 is 2.07 bits per heavy atom. The van der Waals surface area contributed by atoms with Crippen LogP contribution < -0.4 is 5.32 Å². The van der Waals surface area contributed by atoms with Gasteiger partial charge in [-0.05, 0) is 13.3 Å². The van der Waals surface area contributed by atoms with E-state index in [1.807, 2.05) is 13.8 Å². The largest absolute Gasteiger partial charge is 0.349 e. The second-order valence-corrected chi connectivity index (χ2v) is 5.08. The predicted octanol–water partition coefficient (Wildman–Crippen LogP) is 1.77. The molecule has 2 unspecified atom stereocenters. The molecule has 15 heavy (non-hydrogen) atoms. The fraction of sp³-hybridized carbons (Fsp3) is 0.500. The average molecular weight is 272 g/mol. The molecule has 0 fully saturated rings. The van der Waals surface area contributed by atoms with Crippen LogP contribution in [0.15, 0.2) is 18.7 Å². The zero-order valence-electron chi connectivity index (χ0n) is 8.77. The van der Waals surface area contributed by atoms with Crippen molar-refractivity contribution >= 4 is 21.8 Å². The smallest absolute Gasteiger partial charge is 0.254 e. The van der Waals surface area contributed by atoms with Gasteiger partial charge in [0.15, 0.2) is 0 Å². The molecule has 0 radical (unpaired) electrons. The lowest BCUT2D eigenvalue weighted by molar-refractivity contribution is 0.0938. The first-order valence-corrected chi connectivity index (χ1v) is 5.71. The molecule has 0 aliphatic rings. The van der Waals surface area contributed by atoms with Gasteiger partial charge in [0, 0.05) is 23.3 Å². The van der Waals surface area contributed by atoms with Crippen LogP contribution in [0.1, 0.15) is 30.6 Å². The molecule has 1 N–H and O–H groups in total. The molecule has 0 aliphatic heterocycles. The first-order valence-electron chi connectivity index (χ1n) is 4.79. The van der Waals surface area contributed by atoms with Crippen molar-refractivity contribution in [1.29, 1.82) is 0 Å². The topological polar surface area (TPSA) is 54.9 Å². The van der Waals surface area contributed by atoms with Gasteiger partial charge in [0.1, 0.15) is 6.33 Å². The van der Waals surface area contributed by atoms with Gasteiger partial charge in [-0.3, -0.25) is 4.79 Å². The SMILES string of the molecule is CC(Br)CC(C)NC(=O)c1cncnc1. The van der Waals surface area contributed by atoms with E-state index in [0.717, 1.165) is 6.42 Å². The number of amides is 1. The molecular weight excluding hydrogens is 258 g/mol. The van der Waals surface area contributed by atoms with Crippen molar-refractivity contribution < 1.29 is 4.79 Å². The van der Waals surface area contributed by atoms with Crippen molar-refractivity contribution in [2.45, 2.75) is 31.1 Å². The Bertz CT molecular complexity index is 316. The van der Waals surface area contributed by atoms with Crippen molar-refractivity contribution in [2.75, 3.05) is 0 Å². The highest BCUT2D eigenvalue weighted by Gasteiger charge is 2.11. The van der Waals surface area contributed by atoms with E-state index in [1.54, 1.807) is 0 Å². The summed E-state index contributed by atoms with van der Waals surface area (Å²) < 4.78 is 0. The molecule has 1 aromatic rings. The average Bonchev–Trinajstić information content (AvgIpc) is 2.17. The molecule has 1 aromatic heterocycles. The predicted molar refractivity (Wildman–Crippen MR) is 62.0 cm³/mol. The third kappa shape index (κ3) is 4.38. The lowest BCUT2D eigenvalue weighted by Crippen LogP contribution is -2.33. The van der Waals surface area contributed by atoms with Crippen LogP contribution in [0.25, 0.3) is 0 Å². The van der Waals surface area contributed by atoms with E-state index < -0.39 is 0 Å². The van der Waals surface area contributed by atoms with Crippen molar-refractivity contribution in [3.8, 4) is 0 Å². The number of hydrogen-bond donors (Lipinski definition) is 1. The molecule has 0 spiro atoms. The van der Waals surface area contributed by atoms with Gasteiger partial charge in [-0.1, -0.05) is 22.9 Å². The summed E-state index contributed by atoms with van der Waals surface area (Å²) in [7, 11) is 0. The molecule has 2 atom stereocenters. The minimum atomic E-state index is -0.128. The van der Waals surface area contributed by atoms with Crippen molar-refractivity contribution in [2.24, 2.45) is 0 Å². The quantitative estimate of drug-likeness (QED) is 0.850. The van der Waals surface area contributed by atoms with E-state index in [9.17, 15) is 4.79 Å². The van der Waals surface area contributed by atoms with Gasteiger partial charge in [-0.2, -0.15) is 0 Å². The number of carbonyl (C=O) groups is 1. The molecule has 0 bridgehead atoms. The van der Waals surface area contributed by atoms with E-state index in [2.05, 4.69) is 31.2 Å². The first kappa shape index (κ1) is 12.1. The number of rotatable bonds is 4. The van der Waals surface area contributed by atoms with Crippen molar-refractivity contribution in [1.82, 2.24) is 15.3 Å². The number of nitrogens with zero attached hydrogens (tertiary/aromatic N) is 2. The fourth-order valence-corrected chi connectivity index (χ4v) is 1.83. The van der Waals surface area contributed by atoms with Crippen LogP contribution in [0.3, 0.4) is 0 Å². The Morgan fingerprint density at radius 1 is 1.47 bits per heavy atom. The molecule has 5 heteroatoms. The lowest BCUT2D eigenvalue weighted by atomic mass is 10.2. The van der Waals surface area contributed by atoms with Crippen LogP contribution in [0, 0.1) is 0 Å². The molecule has 1 rings (SSSR count). The first-order chi connectivity index (χ1) is 7.09. The summed E-state index contributed by atoms with van der Waals surface area (Å²) in [6.45, 7) is 4.02. The Kier molecular flexibility index (Phi) is 4.68. The third-order valence-corrected chi connectivity index (χ3v) is 2.25. The second-order valence-electron chi connectivity index (χ2n) is 3.52. The van der Waals surface area contributed by atoms with Gasteiger partial charge in [-0.25, -0.2) is 9.97 Å². The van der Waals surface area contributed by atoms with Gasteiger partial charge in [-0.15, -0.1) is 0 Å². The summed E-state index contributed by atoms with van der Waals surface area (Å²) in [5.41, 5.74) is 0.492. The number of aromatic nitrogens is 2. The summed E-state index contributed by atoms with van der Waals surface area (Å²) >= 11 is 3.45. The number of alkyl halides is 1. The molecular formula is C10H14BrN3O. The van der Waals surface area contributed by atoms with E-state index in [-0.39, 0.29) is 11.9 Å². The standard InChI is InChI=1S/C10H14BrN3O/c1-7(11)3-8(2)14-10(15)9-4-12-6-13-5-9/h4-8H,3H2,1-2H3,(H,14,15). The van der Waals surface area contributed by atoms with Crippen LogP contribution in [-0.2, 0) is 0 Å². The highest BCUT2D eigenvalue weighted by Crippen LogP contribution is 2.07. The number of nitrogens with one attached hydrogen (secondary N) is 1. The molecule has 82 valence electrons. The minimum Gasteiger partial charge on any atom is -0.349 e. The molecule has 1 heterocycles. The van der Waals surface area contributed by atoms with E-state index >= 15 is 0 Å². The normalized spacial score (nSPS) is 14.3. The van der Waals surface area contributed by atoms with Gasteiger partial charge in [0.25, 0.3) is 5.91 Å². The highest BCUT2D eigenvalue weighted by atomic mass is 79.9. The van der Waals surface area contributed by atoms with Crippen LogP contribution in [0.2, 0.25) is 0 Å². The second kappa shape index (κ2) is 5.80. The van der Waals surface area contributed by atoms with E-state index in [1.165, 1.54) is 18.7 Å². The summed E-state index contributed by atoms with van der Waals surface area (Å²) in [5.74, 6) is -0.128. The maximum Gasteiger partial charge on any atom is 0.254 e. The highest BCUT2D eigenvalue weighted by molar-refractivity contribution is 9.09. The third-order valence-electron chi connectivity index (χ3n) is 1.88. The molecule has 0 aliphatic carbocycles. The number of halogens is 1. The van der Waals surface area contributed by atoms with Crippen LogP contribution >= 0.6 is 15.9 Å². The zero-order valence-corrected chi connectivity index (χ0v) is 10.4. The van der Waals surface area contributed by atoms with Crippen LogP contribution in [0.5, 0.6) is 0 Å².